The van der Waals surface area contributed by atoms with Gasteiger partial charge in [0.05, 0.1) is 4.47 Å². The molecule has 0 amide bonds. The highest BCUT2D eigenvalue weighted by molar-refractivity contribution is 9.10. The van der Waals surface area contributed by atoms with Crippen LogP contribution in [0.25, 0.3) is 0 Å². The third-order valence-electron chi connectivity index (χ3n) is 0.654. The molecule has 0 atom stereocenters. The molecule has 0 aromatic carbocycles. The van der Waals surface area contributed by atoms with E-state index in [9.17, 15) is 0 Å². The molecule has 1 aromatic rings. The number of aromatic nitrogens is 1. The van der Waals surface area contributed by atoms with Crippen molar-refractivity contribution >= 4 is 27.5 Å². The fourth-order valence-electron chi connectivity index (χ4n) is 0.329. The van der Waals surface area contributed by atoms with E-state index in [2.05, 4.69) is 27.0 Å². The van der Waals surface area contributed by atoms with E-state index < -0.39 is 0 Å². The first-order valence-electron chi connectivity index (χ1n) is 1.98. The fraction of sp³-hybridized carbons (Fsp3) is 0. The Morgan fingerprint density at radius 1 is 1.75 bits per heavy atom. The van der Waals surface area contributed by atoms with E-state index in [4.69, 9.17) is 11.6 Å². The summed E-state index contributed by atoms with van der Waals surface area (Å²) in [5, 5.41) is 0.451. The number of rotatable bonds is 0. The lowest BCUT2D eigenvalue weighted by atomic mass is 10.5. The van der Waals surface area contributed by atoms with Crippen molar-refractivity contribution < 1.29 is 0 Å². The van der Waals surface area contributed by atoms with Gasteiger partial charge in [0, 0.05) is 12.3 Å². The minimum Gasteiger partial charge on any atom is -0.243 e. The fourth-order valence-corrected chi connectivity index (χ4v) is 0.675. The molecule has 1 heterocycles. The maximum atomic E-state index is 5.52. The normalized spacial score (nSPS) is 9.25. The number of halogens is 2. The highest BCUT2D eigenvalue weighted by Gasteiger charge is 1.91. The van der Waals surface area contributed by atoms with Crippen molar-refractivity contribution in [2.45, 2.75) is 0 Å². The van der Waals surface area contributed by atoms with Crippen molar-refractivity contribution in [3.05, 3.63) is 28.0 Å². The van der Waals surface area contributed by atoms with Crippen LogP contribution in [0.3, 0.4) is 0 Å². The Bertz CT molecular complexity index is 169. The van der Waals surface area contributed by atoms with Gasteiger partial charge >= 0.3 is 0 Å². The molecule has 1 radical (unpaired) electrons. The Hall–Kier alpha value is -0.0800. The van der Waals surface area contributed by atoms with Gasteiger partial charge in [0.15, 0.2) is 0 Å². The first-order chi connectivity index (χ1) is 3.80. The van der Waals surface area contributed by atoms with Gasteiger partial charge in [-0.05, 0) is 22.0 Å². The van der Waals surface area contributed by atoms with Gasteiger partial charge in [0.1, 0.15) is 5.15 Å². The van der Waals surface area contributed by atoms with E-state index >= 15 is 0 Å². The molecule has 1 rings (SSSR count). The maximum Gasteiger partial charge on any atom is 0.143 e. The molecule has 0 unspecified atom stereocenters. The van der Waals surface area contributed by atoms with Crippen LogP contribution < -0.4 is 0 Å². The number of hydrogen-bond acceptors (Lipinski definition) is 1. The monoisotopic (exact) mass is 190 g/mol. The zero-order valence-electron chi connectivity index (χ0n) is 3.86. The summed E-state index contributed by atoms with van der Waals surface area (Å²) < 4.78 is 0.710. The van der Waals surface area contributed by atoms with Crippen LogP contribution in [-0.4, -0.2) is 4.98 Å². The smallest absolute Gasteiger partial charge is 0.143 e. The lowest BCUT2D eigenvalue weighted by Crippen LogP contribution is -1.72. The number of hydrogen-bond donors (Lipinski definition) is 0. The summed E-state index contributed by atoms with van der Waals surface area (Å²) in [6.45, 7) is 0. The van der Waals surface area contributed by atoms with Crippen molar-refractivity contribution in [1.29, 1.82) is 0 Å². The van der Waals surface area contributed by atoms with Gasteiger partial charge < -0.3 is 0 Å². The zero-order chi connectivity index (χ0) is 5.98. The minimum absolute atomic E-state index is 0.451. The van der Waals surface area contributed by atoms with Crippen LogP contribution in [0.1, 0.15) is 0 Å². The summed E-state index contributed by atoms with van der Waals surface area (Å²) in [5.41, 5.74) is 0. The predicted octanol–water partition coefficient (Wildman–Crippen LogP) is 2.30. The van der Waals surface area contributed by atoms with E-state index in [1.54, 1.807) is 12.3 Å². The lowest BCUT2D eigenvalue weighted by molar-refractivity contribution is 1.30. The van der Waals surface area contributed by atoms with Gasteiger partial charge in [-0.25, -0.2) is 4.98 Å². The second-order valence-electron chi connectivity index (χ2n) is 1.19. The topological polar surface area (TPSA) is 12.9 Å². The molecule has 3 heteroatoms. The summed E-state index contributed by atoms with van der Waals surface area (Å²) in [4.78, 5) is 3.77. The first-order valence-corrected chi connectivity index (χ1v) is 3.15. The molecule has 0 fully saturated rings. The van der Waals surface area contributed by atoms with Gasteiger partial charge in [-0.15, -0.1) is 0 Å². The second kappa shape index (κ2) is 2.46. The molecule has 0 bridgehead atoms. The summed E-state index contributed by atoms with van der Waals surface area (Å²) in [7, 11) is 0. The number of nitrogens with zero attached hydrogens (tertiary/aromatic N) is 1. The van der Waals surface area contributed by atoms with Gasteiger partial charge in [0.2, 0.25) is 0 Å². The van der Waals surface area contributed by atoms with Crippen LogP contribution in [0.4, 0.5) is 0 Å². The van der Waals surface area contributed by atoms with Crippen molar-refractivity contribution in [2.24, 2.45) is 0 Å². The van der Waals surface area contributed by atoms with Crippen LogP contribution in [0.5, 0.6) is 0 Å². The third-order valence-corrected chi connectivity index (χ3v) is 1.77. The quantitative estimate of drug-likeness (QED) is 0.574. The molecule has 0 spiro atoms. The molecular weight excluding hydrogens is 189 g/mol. The summed E-state index contributed by atoms with van der Waals surface area (Å²) in [5.74, 6) is 0. The standard InChI is InChI=1S/C5H2BrClN/c6-4-2-1-3-8-5(4)7/h1,3H. The Morgan fingerprint density at radius 3 is 2.88 bits per heavy atom. The molecule has 0 saturated carbocycles. The number of pyridine rings is 1. The van der Waals surface area contributed by atoms with E-state index in [-0.39, 0.29) is 0 Å². The lowest BCUT2D eigenvalue weighted by Gasteiger charge is -1.87. The van der Waals surface area contributed by atoms with Crippen LogP contribution in [0, 0.1) is 6.07 Å². The van der Waals surface area contributed by atoms with Gasteiger partial charge in [0.25, 0.3) is 0 Å². The largest absolute Gasteiger partial charge is 0.243 e. The molecule has 0 saturated heterocycles. The van der Waals surface area contributed by atoms with Gasteiger partial charge in [-0.1, -0.05) is 11.6 Å². The first kappa shape index (κ1) is 6.05. The molecule has 1 aromatic heterocycles. The summed E-state index contributed by atoms with van der Waals surface area (Å²) in [6, 6.07) is 4.51. The molecule has 0 aliphatic heterocycles. The zero-order valence-corrected chi connectivity index (χ0v) is 6.20. The Morgan fingerprint density at radius 2 is 2.50 bits per heavy atom. The molecule has 0 aliphatic rings. The summed E-state index contributed by atoms with van der Waals surface area (Å²) >= 11 is 8.66. The molecule has 0 aliphatic carbocycles. The van der Waals surface area contributed by atoms with E-state index in [1.165, 1.54) is 0 Å². The highest BCUT2D eigenvalue weighted by atomic mass is 79.9. The molecule has 41 valence electrons. The summed E-state index contributed by atoms with van der Waals surface area (Å²) in [6.07, 6.45) is 1.59. The average Bonchev–Trinajstić information content (AvgIpc) is 1.77. The maximum absolute atomic E-state index is 5.52. The average molecular weight is 191 g/mol. The van der Waals surface area contributed by atoms with E-state index in [1.807, 2.05) is 0 Å². The molecular formula is C5H2BrClN. The molecule has 8 heavy (non-hydrogen) atoms. The van der Waals surface area contributed by atoms with Crippen LogP contribution in [0.15, 0.2) is 16.7 Å². The van der Waals surface area contributed by atoms with E-state index in [0.29, 0.717) is 9.63 Å². The molecule has 0 N–H and O–H groups in total. The van der Waals surface area contributed by atoms with E-state index in [0.717, 1.165) is 0 Å². The van der Waals surface area contributed by atoms with Crippen molar-refractivity contribution in [1.82, 2.24) is 4.98 Å². The molecule has 1 nitrogen and oxygen atoms in total. The Labute approximate surface area is 60.8 Å². The second-order valence-corrected chi connectivity index (χ2v) is 2.34. The minimum atomic E-state index is 0.451. The van der Waals surface area contributed by atoms with Crippen molar-refractivity contribution in [2.75, 3.05) is 0 Å². The van der Waals surface area contributed by atoms with Crippen LogP contribution >= 0.6 is 27.5 Å². The Kier molecular flexibility index (Phi) is 1.86. The third kappa shape index (κ3) is 1.20. The van der Waals surface area contributed by atoms with Crippen LogP contribution in [0.2, 0.25) is 5.15 Å². The highest BCUT2D eigenvalue weighted by Crippen LogP contribution is 2.16. The van der Waals surface area contributed by atoms with Crippen LogP contribution in [-0.2, 0) is 0 Å². The van der Waals surface area contributed by atoms with Crippen molar-refractivity contribution in [3.63, 3.8) is 0 Å². The van der Waals surface area contributed by atoms with Crippen molar-refractivity contribution in [3.8, 4) is 0 Å². The SMILES string of the molecule is Clc1ncc[c]c1Br. The predicted molar refractivity (Wildman–Crippen MR) is 35.8 cm³/mol. The van der Waals surface area contributed by atoms with Gasteiger partial charge in [-0.2, -0.15) is 0 Å². The Balaban J connectivity index is 3.13. The van der Waals surface area contributed by atoms with Gasteiger partial charge in [-0.3, -0.25) is 0 Å².